The third-order valence-electron chi connectivity index (χ3n) is 3.96. The fourth-order valence-electron chi connectivity index (χ4n) is 2.55. The van der Waals surface area contributed by atoms with Crippen LogP contribution in [0.3, 0.4) is 0 Å². The van der Waals surface area contributed by atoms with Gasteiger partial charge in [-0.3, -0.25) is 0 Å². The highest BCUT2D eigenvalue weighted by Gasteiger charge is 2.41. The lowest BCUT2D eigenvalue weighted by Gasteiger charge is -2.31. The quantitative estimate of drug-likeness (QED) is 0.827. The molecule has 2 heterocycles. The van der Waals surface area contributed by atoms with Crippen LogP contribution in [0.25, 0.3) is 0 Å². The molecule has 0 bridgehead atoms. The fourth-order valence-corrected chi connectivity index (χ4v) is 4.75. The first-order valence-electron chi connectivity index (χ1n) is 7.23. The summed E-state index contributed by atoms with van der Waals surface area (Å²) >= 11 is 1.56. The number of aromatic nitrogens is 2. The molecule has 8 heteroatoms. The monoisotopic (exact) mass is 328 g/mol. The summed E-state index contributed by atoms with van der Waals surface area (Å²) in [6.07, 6.45) is 5.26. The molecule has 116 valence electrons. The molecule has 0 amide bonds. The maximum Gasteiger partial charge on any atom is 0.216 e. The Labute approximate surface area is 129 Å². The molecule has 0 unspecified atom stereocenters. The number of thioether (sulfide) groups is 1. The van der Waals surface area contributed by atoms with E-state index in [9.17, 15) is 8.42 Å². The zero-order chi connectivity index (χ0) is 14.9. The molecule has 2 fully saturated rings. The number of hydrogen-bond acceptors (Lipinski definition) is 6. The molecule has 2 aliphatic rings. The standard InChI is InChI=1S/C13H20N4O2S2/c1-20-13-5-4-12(15-16-13)14-10-6-8-17(9-7-10)21(18,19)11-2-3-11/h4-5,10-11H,2-3,6-9H2,1H3,(H,14,15). The van der Waals surface area contributed by atoms with Crippen molar-refractivity contribution in [3.63, 3.8) is 0 Å². The second-order valence-electron chi connectivity index (χ2n) is 5.52. The summed E-state index contributed by atoms with van der Waals surface area (Å²) in [6, 6.07) is 4.13. The summed E-state index contributed by atoms with van der Waals surface area (Å²) in [5, 5.41) is 12.4. The first kappa shape index (κ1) is 15.1. The van der Waals surface area contributed by atoms with Crippen molar-refractivity contribution in [2.75, 3.05) is 24.7 Å². The Bertz CT molecular complexity index is 579. The fraction of sp³-hybridized carbons (Fsp3) is 0.692. The first-order valence-corrected chi connectivity index (χ1v) is 9.95. The van der Waals surface area contributed by atoms with E-state index >= 15 is 0 Å². The van der Waals surface area contributed by atoms with E-state index in [1.165, 1.54) is 0 Å². The molecular weight excluding hydrogens is 308 g/mol. The lowest BCUT2D eigenvalue weighted by atomic mass is 10.1. The van der Waals surface area contributed by atoms with Gasteiger partial charge in [-0.2, -0.15) is 0 Å². The maximum absolute atomic E-state index is 12.2. The predicted molar refractivity (Wildman–Crippen MR) is 84.0 cm³/mol. The number of nitrogens with one attached hydrogen (secondary N) is 1. The van der Waals surface area contributed by atoms with Gasteiger partial charge in [-0.15, -0.1) is 22.0 Å². The molecule has 6 nitrogen and oxygen atoms in total. The van der Waals surface area contributed by atoms with Crippen molar-refractivity contribution in [1.82, 2.24) is 14.5 Å². The van der Waals surface area contributed by atoms with Gasteiger partial charge in [0.05, 0.1) is 5.25 Å². The van der Waals surface area contributed by atoms with Gasteiger partial charge >= 0.3 is 0 Å². The average Bonchev–Trinajstić information content (AvgIpc) is 3.34. The van der Waals surface area contributed by atoms with Crippen LogP contribution in [0, 0.1) is 0 Å². The molecule has 0 atom stereocenters. The van der Waals surface area contributed by atoms with Crippen molar-refractivity contribution in [3.8, 4) is 0 Å². The summed E-state index contributed by atoms with van der Waals surface area (Å²) in [6.45, 7) is 1.21. The summed E-state index contributed by atoms with van der Waals surface area (Å²) in [5.41, 5.74) is 0. The Kier molecular flexibility index (Phi) is 4.37. The largest absolute Gasteiger partial charge is 0.366 e. The molecule has 1 saturated heterocycles. The van der Waals surface area contributed by atoms with Crippen LogP contribution in [-0.4, -0.2) is 53.6 Å². The molecule has 1 aliphatic heterocycles. The highest BCUT2D eigenvalue weighted by atomic mass is 32.2. The SMILES string of the molecule is CSc1ccc(NC2CCN(S(=O)(=O)C3CC3)CC2)nn1. The number of nitrogens with zero attached hydrogens (tertiary/aromatic N) is 3. The Hall–Kier alpha value is -0.860. The summed E-state index contributed by atoms with van der Waals surface area (Å²) in [7, 11) is -3.02. The van der Waals surface area contributed by atoms with E-state index < -0.39 is 10.0 Å². The second kappa shape index (κ2) is 6.10. The van der Waals surface area contributed by atoms with Crippen molar-refractivity contribution in [2.24, 2.45) is 0 Å². The molecule has 21 heavy (non-hydrogen) atoms. The van der Waals surface area contributed by atoms with Crippen molar-refractivity contribution in [1.29, 1.82) is 0 Å². The summed E-state index contributed by atoms with van der Waals surface area (Å²) in [4.78, 5) is 0. The third kappa shape index (κ3) is 3.49. The lowest BCUT2D eigenvalue weighted by molar-refractivity contribution is 0.329. The van der Waals surface area contributed by atoms with E-state index in [0.29, 0.717) is 13.1 Å². The van der Waals surface area contributed by atoms with Gasteiger partial charge in [0.1, 0.15) is 10.8 Å². The van der Waals surface area contributed by atoms with E-state index in [0.717, 1.165) is 36.5 Å². The van der Waals surface area contributed by atoms with E-state index in [4.69, 9.17) is 0 Å². The van der Waals surface area contributed by atoms with E-state index in [2.05, 4.69) is 15.5 Å². The van der Waals surface area contributed by atoms with Gasteiger partial charge in [-0.25, -0.2) is 12.7 Å². The number of rotatable bonds is 5. The van der Waals surface area contributed by atoms with Crippen LogP contribution in [0.2, 0.25) is 0 Å². The van der Waals surface area contributed by atoms with Crippen LogP contribution in [-0.2, 0) is 10.0 Å². The molecule has 1 N–H and O–H groups in total. The zero-order valence-corrected chi connectivity index (χ0v) is 13.7. The molecule has 1 aromatic rings. The lowest BCUT2D eigenvalue weighted by Crippen LogP contribution is -2.43. The van der Waals surface area contributed by atoms with Gasteiger partial charge in [0.15, 0.2) is 0 Å². The minimum absolute atomic E-state index is 0.105. The topological polar surface area (TPSA) is 75.2 Å². The molecule has 1 saturated carbocycles. The molecule has 0 radical (unpaired) electrons. The number of sulfonamides is 1. The average molecular weight is 328 g/mol. The van der Waals surface area contributed by atoms with E-state index in [-0.39, 0.29) is 11.3 Å². The molecule has 3 rings (SSSR count). The second-order valence-corrected chi connectivity index (χ2v) is 8.56. The predicted octanol–water partition coefficient (Wildman–Crippen LogP) is 1.57. The molecule has 1 aliphatic carbocycles. The smallest absolute Gasteiger partial charge is 0.216 e. The highest BCUT2D eigenvalue weighted by Crippen LogP contribution is 2.32. The van der Waals surface area contributed by atoms with Crippen LogP contribution in [0.15, 0.2) is 17.2 Å². The van der Waals surface area contributed by atoms with Gasteiger partial charge in [0.25, 0.3) is 0 Å². The number of hydrogen-bond donors (Lipinski definition) is 1. The molecule has 0 aromatic carbocycles. The first-order chi connectivity index (χ1) is 10.1. The van der Waals surface area contributed by atoms with E-state index in [1.807, 2.05) is 18.4 Å². The Morgan fingerprint density at radius 3 is 2.43 bits per heavy atom. The Balaban J connectivity index is 1.53. The van der Waals surface area contributed by atoms with Crippen molar-refractivity contribution < 1.29 is 8.42 Å². The van der Waals surface area contributed by atoms with Crippen LogP contribution in [0.4, 0.5) is 5.82 Å². The van der Waals surface area contributed by atoms with Gasteiger partial charge in [0.2, 0.25) is 10.0 Å². The minimum atomic E-state index is -3.02. The highest BCUT2D eigenvalue weighted by molar-refractivity contribution is 7.98. The third-order valence-corrected chi connectivity index (χ3v) is 7.00. The van der Waals surface area contributed by atoms with Gasteiger partial charge in [-0.1, -0.05) is 0 Å². The van der Waals surface area contributed by atoms with Crippen LogP contribution in [0.1, 0.15) is 25.7 Å². The zero-order valence-electron chi connectivity index (χ0n) is 12.0. The van der Waals surface area contributed by atoms with Crippen molar-refractivity contribution >= 4 is 27.6 Å². The summed E-state index contributed by atoms with van der Waals surface area (Å²) < 4.78 is 26.0. The molecule has 0 spiro atoms. The van der Waals surface area contributed by atoms with Crippen LogP contribution >= 0.6 is 11.8 Å². The van der Waals surface area contributed by atoms with Crippen molar-refractivity contribution in [3.05, 3.63) is 12.1 Å². The van der Waals surface area contributed by atoms with Gasteiger partial charge < -0.3 is 5.32 Å². The number of piperidine rings is 1. The van der Waals surface area contributed by atoms with Crippen LogP contribution < -0.4 is 5.32 Å². The Morgan fingerprint density at radius 1 is 1.19 bits per heavy atom. The molecule has 1 aromatic heterocycles. The maximum atomic E-state index is 12.2. The minimum Gasteiger partial charge on any atom is -0.366 e. The van der Waals surface area contributed by atoms with Gasteiger partial charge in [-0.05, 0) is 44.1 Å². The normalized spacial score (nSPS) is 21.4. The number of anilines is 1. The Morgan fingerprint density at radius 2 is 1.90 bits per heavy atom. The molecular formula is C13H20N4O2S2. The van der Waals surface area contributed by atoms with Crippen molar-refractivity contribution in [2.45, 2.75) is 42.0 Å². The van der Waals surface area contributed by atoms with Gasteiger partial charge in [0, 0.05) is 19.1 Å². The summed E-state index contributed by atoms with van der Waals surface area (Å²) in [5.74, 6) is 0.760. The van der Waals surface area contributed by atoms with E-state index in [1.54, 1.807) is 16.1 Å². The van der Waals surface area contributed by atoms with Crippen LogP contribution in [0.5, 0.6) is 0 Å².